The zero-order chi connectivity index (χ0) is 17.7. The Hall–Kier alpha value is -1.44. The van der Waals surface area contributed by atoms with Crippen LogP contribution in [0.15, 0.2) is 29.2 Å². The maximum atomic E-state index is 12.8. The number of hydrogen-bond donors (Lipinski definition) is 1. The van der Waals surface area contributed by atoms with Crippen molar-refractivity contribution in [1.29, 1.82) is 0 Å². The molecule has 1 aliphatic rings. The molecule has 1 unspecified atom stereocenters. The number of benzene rings is 1. The normalized spacial score (nSPS) is 19.2. The molecule has 1 aromatic rings. The second-order valence-electron chi connectivity index (χ2n) is 5.99. The largest absolute Gasteiger partial charge is 0.339 e. The molecule has 1 heterocycles. The molecule has 1 amide bonds. The van der Waals surface area contributed by atoms with Gasteiger partial charge in [-0.25, -0.2) is 8.42 Å². The van der Waals surface area contributed by atoms with Crippen LogP contribution < -0.4 is 5.32 Å². The first-order chi connectivity index (χ1) is 11.4. The Morgan fingerprint density at radius 2 is 1.88 bits per heavy atom. The van der Waals surface area contributed by atoms with E-state index in [1.807, 2.05) is 20.9 Å². The number of carbonyl (C=O) groups excluding carboxylic acids is 1. The minimum Gasteiger partial charge on any atom is -0.339 e. The summed E-state index contributed by atoms with van der Waals surface area (Å²) in [7, 11) is -1.65. The van der Waals surface area contributed by atoms with Gasteiger partial charge in [0.2, 0.25) is 10.0 Å². The molecule has 0 aromatic heterocycles. The molecule has 0 aliphatic carbocycles. The van der Waals surface area contributed by atoms with Crippen molar-refractivity contribution in [3.8, 4) is 0 Å². The van der Waals surface area contributed by atoms with Crippen LogP contribution in [0.2, 0.25) is 0 Å². The zero-order valence-corrected chi connectivity index (χ0v) is 15.5. The average Bonchev–Trinajstić information content (AvgIpc) is 2.62. The van der Waals surface area contributed by atoms with E-state index >= 15 is 0 Å². The minimum atomic E-state index is -3.51. The molecular weight excluding hydrogens is 326 g/mol. The number of carbonyl (C=O) groups is 1. The number of hydrogen-bond acceptors (Lipinski definition) is 4. The Morgan fingerprint density at radius 1 is 1.25 bits per heavy atom. The third kappa shape index (κ3) is 3.96. The van der Waals surface area contributed by atoms with Gasteiger partial charge in [-0.2, -0.15) is 4.31 Å². The summed E-state index contributed by atoms with van der Waals surface area (Å²) < 4.78 is 27.1. The molecule has 0 saturated carbocycles. The van der Waals surface area contributed by atoms with Gasteiger partial charge in [0.25, 0.3) is 5.91 Å². The van der Waals surface area contributed by atoms with E-state index in [1.54, 1.807) is 17.0 Å². The first-order valence-electron chi connectivity index (χ1n) is 8.50. The van der Waals surface area contributed by atoms with Gasteiger partial charge in [-0.15, -0.1) is 0 Å². The van der Waals surface area contributed by atoms with E-state index < -0.39 is 10.0 Å². The maximum Gasteiger partial charge on any atom is 0.253 e. The number of nitrogens with one attached hydrogen (secondary N) is 1. The third-order valence-corrected chi connectivity index (χ3v) is 6.46. The van der Waals surface area contributed by atoms with Crippen molar-refractivity contribution in [2.24, 2.45) is 0 Å². The highest BCUT2D eigenvalue weighted by atomic mass is 32.2. The monoisotopic (exact) mass is 353 g/mol. The summed E-state index contributed by atoms with van der Waals surface area (Å²) in [6.45, 7) is 6.15. The molecule has 2 rings (SSSR count). The maximum absolute atomic E-state index is 12.8. The summed E-state index contributed by atoms with van der Waals surface area (Å²) in [5.74, 6) is -0.0721. The van der Waals surface area contributed by atoms with Crippen molar-refractivity contribution in [2.75, 3.05) is 33.2 Å². The number of rotatable bonds is 6. The Kier molecular flexibility index (Phi) is 6.37. The lowest BCUT2D eigenvalue weighted by molar-refractivity contribution is 0.0773. The molecule has 7 heteroatoms. The fourth-order valence-corrected chi connectivity index (χ4v) is 4.53. The van der Waals surface area contributed by atoms with Gasteiger partial charge in [0.1, 0.15) is 0 Å². The standard InChI is InChI=1S/C17H27N3O3S/c1-4-19(5-2)17(21)14-8-10-16(11-9-14)24(22,23)20-12-6-7-15(13-20)18-3/h8-11,15,18H,4-7,12-13H2,1-3H3. The van der Waals surface area contributed by atoms with Gasteiger partial charge in [0.15, 0.2) is 0 Å². The zero-order valence-electron chi connectivity index (χ0n) is 14.7. The van der Waals surface area contributed by atoms with Crippen LogP contribution in [0.3, 0.4) is 0 Å². The van der Waals surface area contributed by atoms with Crippen LogP contribution in [0.25, 0.3) is 0 Å². The first kappa shape index (κ1) is 18.9. The van der Waals surface area contributed by atoms with Crippen LogP contribution in [0.1, 0.15) is 37.0 Å². The van der Waals surface area contributed by atoms with Gasteiger partial charge in [-0.05, 0) is 58.0 Å². The third-order valence-electron chi connectivity index (χ3n) is 4.58. The van der Waals surface area contributed by atoms with Crippen molar-refractivity contribution in [3.63, 3.8) is 0 Å². The molecule has 0 bridgehead atoms. The summed E-state index contributed by atoms with van der Waals surface area (Å²) in [6.07, 6.45) is 1.84. The summed E-state index contributed by atoms with van der Waals surface area (Å²) in [4.78, 5) is 14.3. The average molecular weight is 353 g/mol. The highest BCUT2D eigenvalue weighted by molar-refractivity contribution is 7.89. The van der Waals surface area contributed by atoms with Crippen molar-refractivity contribution >= 4 is 15.9 Å². The number of piperidine rings is 1. The number of likely N-dealkylation sites (N-methyl/N-ethyl adjacent to an activating group) is 1. The van der Waals surface area contributed by atoms with E-state index in [-0.39, 0.29) is 16.8 Å². The summed E-state index contributed by atoms with van der Waals surface area (Å²) in [6, 6.07) is 6.47. The SMILES string of the molecule is CCN(CC)C(=O)c1ccc(S(=O)(=O)N2CCCC(NC)C2)cc1. The van der Waals surface area contributed by atoms with Gasteiger partial charge < -0.3 is 10.2 Å². The molecule has 24 heavy (non-hydrogen) atoms. The fraction of sp³-hybridized carbons (Fsp3) is 0.588. The predicted octanol–water partition coefficient (Wildman–Crippen LogP) is 1.54. The van der Waals surface area contributed by atoms with Crippen LogP contribution in [-0.4, -0.2) is 62.8 Å². The second-order valence-corrected chi connectivity index (χ2v) is 7.93. The molecule has 1 aliphatic heterocycles. The van der Waals surface area contributed by atoms with Crippen LogP contribution in [0, 0.1) is 0 Å². The van der Waals surface area contributed by atoms with Crippen molar-refractivity contribution in [1.82, 2.24) is 14.5 Å². The lowest BCUT2D eigenvalue weighted by Crippen LogP contribution is -2.46. The number of sulfonamides is 1. The predicted molar refractivity (Wildman–Crippen MR) is 94.5 cm³/mol. The van der Waals surface area contributed by atoms with E-state index in [0.29, 0.717) is 31.7 Å². The summed E-state index contributed by atoms with van der Waals surface area (Å²) in [5.41, 5.74) is 0.518. The highest BCUT2D eigenvalue weighted by Gasteiger charge is 2.29. The molecule has 1 N–H and O–H groups in total. The van der Waals surface area contributed by atoms with Gasteiger partial charge in [0.05, 0.1) is 4.90 Å². The quantitative estimate of drug-likeness (QED) is 0.842. The van der Waals surface area contributed by atoms with Gasteiger partial charge in [-0.3, -0.25) is 4.79 Å². The van der Waals surface area contributed by atoms with Gasteiger partial charge >= 0.3 is 0 Å². The van der Waals surface area contributed by atoms with Crippen molar-refractivity contribution < 1.29 is 13.2 Å². The molecule has 1 saturated heterocycles. The van der Waals surface area contributed by atoms with Crippen LogP contribution in [0.5, 0.6) is 0 Å². The molecular formula is C17H27N3O3S. The second kappa shape index (κ2) is 8.09. The Bertz CT molecular complexity index is 654. The Balaban J connectivity index is 2.18. The Labute approximate surface area is 144 Å². The highest BCUT2D eigenvalue weighted by Crippen LogP contribution is 2.21. The van der Waals surface area contributed by atoms with Gasteiger partial charge in [-0.1, -0.05) is 0 Å². The lowest BCUT2D eigenvalue weighted by Gasteiger charge is -2.31. The van der Waals surface area contributed by atoms with Crippen LogP contribution >= 0.6 is 0 Å². The molecule has 1 aromatic carbocycles. The molecule has 6 nitrogen and oxygen atoms in total. The molecule has 1 fully saturated rings. The van der Waals surface area contributed by atoms with E-state index in [2.05, 4.69) is 5.32 Å². The van der Waals surface area contributed by atoms with Gasteiger partial charge in [0, 0.05) is 37.8 Å². The van der Waals surface area contributed by atoms with E-state index in [1.165, 1.54) is 16.4 Å². The van der Waals surface area contributed by atoms with Crippen LogP contribution in [0.4, 0.5) is 0 Å². The van der Waals surface area contributed by atoms with E-state index in [0.717, 1.165) is 12.8 Å². The molecule has 134 valence electrons. The summed E-state index contributed by atoms with van der Waals surface area (Å²) in [5, 5.41) is 3.15. The number of amides is 1. The van der Waals surface area contributed by atoms with E-state index in [9.17, 15) is 13.2 Å². The van der Waals surface area contributed by atoms with E-state index in [4.69, 9.17) is 0 Å². The molecule has 1 atom stereocenters. The van der Waals surface area contributed by atoms with Crippen molar-refractivity contribution in [2.45, 2.75) is 37.6 Å². The Morgan fingerprint density at radius 3 is 2.42 bits per heavy atom. The first-order valence-corrected chi connectivity index (χ1v) is 9.94. The molecule has 0 spiro atoms. The fourth-order valence-electron chi connectivity index (χ4n) is 3.01. The molecule has 0 radical (unpaired) electrons. The lowest BCUT2D eigenvalue weighted by atomic mass is 10.1. The minimum absolute atomic E-state index is 0.0721. The van der Waals surface area contributed by atoms with Crippen LogP contribution in [-0.2, 0) is 10.0 Å². The van der Waals surface area contributed by atoms with Crippen molar-refractivity contribution in [3.05, 3.63) is 29.8 Å². The summed E-state index contributed by atoms with van der Waals surface area (Å²) >= 11 is 0. The number of nitrogens with zero attached hydrogens (tertiary/aromatic N) is 2. The topological polar surface area (TPSA) is 69.7 Å². The smallest absolute Gasteiger partial charge is 0.253 e.